The van der Waals surface area contributed by atoms with Crippen LogP contribution in [0, 0.1) is 6.92 Å². The molecule has 0 fully saturated rings. The number of carbonyl (C=O) groups is 1. The van der Waals surface area contributed by atoms with Crippen LogP contribution in [0.1, 0.15) is 23.3 Å². The number of ether oxygens (including phenoxy) is 1. The Hall–Kier alpha value is -1.22. The van der Waals surface area contributed by atoms with E-state index in [0.717, 1.165) is 5.56 Å². The van der Waals surface area contributed by atoms with Gasteiger partial charge in [-0.3, -0.25) is 0 Å². The molecule has 0 atom stereocenters. The van der Waals surface area contributed by atoms with Gasteiger partial charge in [0.1, 0.15) is 11.3 Å². The summed E-state index contributed by atoms with van der Waals surface area (Å²) in [6.45, 7) is 1.78. The molecule has 0 unspecified atom stereocenters. The quantitative estimate of drug-likeness (QED) is 0.735. The molecule has 1 N–H and O–H groups in total. The number of aryl methyl sites for hydroxylation is 1. The topological polar surface area (TPSA) is 46.5 Å². The number of carbonyl (C=O) groups excluding carboxylic acids is 1. The SMILES string of the molecule is C.COC(=O)c1cc(C)cc(Cl)c1O. The highest BCUT2D eigenvalue weighted by atomic mass is 35.5. The van der Waals surface area contributed by atoms with Gasteiger partial charge < -0.3 is 9.84 Å². The van der Waals surface area contributed by atoms with E-state index in [1.165, 1.54) is 13.2 Å². The van der Waals surface area contributed by atoms with Crippen molar-refractivity contribution in [2.75, 3.05) is 7.11 Å². The van der Waals surface area contributed by atoms with Crippen LogP contribution in [0.25, 0.3) is 0 Å². The van der Waals surface area contributed by atoms with Gasteiger partial charge in [-0.1, -0.05) is 19.0 Å². The van der Waals surface area contributed by atoms with E-state index in [-0.39, 0.29) is 23.8 Å². The Balaban J connectivity index is 0.00000169. The van der Waals surface area contributed by atoms with Gasteiger partial charge in [0.15, 0.2) is 0 Å². The lowest BCUT2D eigenvalue weighted by atomic mass is 10.1. The molecule has 0 saturated heterocycles. The molecule has 0 aromatic heterocycles. The Kier molecular flexibility index (Phi) is 4.44. The molecule has 1 rings (SSSR count). The fraction of sp³-hybridized carbons (Fsp3) is 0.300. The highest BCUT2D eigenvalue weighted by molar-refractivity contribution is 6.32. The molecule has 0 saturated carbocycles. The first-order valence-electron chi connectivity index (χ1n) is 3.63. The monoisotopic (exact) mass is 216 g/mol. The summed E-state index contributed by atoms with van der Waals surface area (Å²) in [5.74, 6) is -0.831. The molecular formula is C10H13ClO3. The summed E-state index contributed by atoms with van der Waals surface area (Å²) in [6.07, 6.45) is 0. The summed E-state index contributed by atoms with van der Waals surface area (Å²) >= 11 is 5.66. The first kappa shape index (κ1) is 12.8. The van der Waals surface area contributed by atoms with E-state index >= 15 is 0 Å². The number of hydrogen-bond acceptors (Lipinski definition) is 3. The molecule has 0 aliphatic rings. The largest absolute Gasteiger partial charge is 0.505 e. The molecule has 78 valence electrons. The lowest BCUT2D eigenvalue weighted by Crippen LogP contribution is -2.02. The summed E-state index contributed by atoms with van der Waals surface area (Å²) in [6, 6.07) is 3.09. The number of phenolic OH excluding ortho intramolecular Hbond substituents is 1. The molecule has 1 aromatic carbocycles. The van der Waals surface area contributed by atoms with Crippen LogP contribution in [0.5, 0.6) is 5.75 Å². The van der Waals surface area contributed by atoms with Crippen LogP contribution in [-0.2, 0) is 4.74 Å². The molecule has 0 amide bonds. The Morgan fingerprint density at radius 1 is 1.50 bits per heavy atom. The van der Waals surface area contributed by atoms with Crippen LogP contribution < -0.4 is 0 Å². The average Bonchev–Trinajstić information content (AvgIpc) is 2.10. The van der Waals surface area contributed by atoms with Crippen LogP contribution >= 0.6 is 11.6 Å². The second-order valence-corrected chi connectivity index (χ2v) is 3.04. The molecule has 0 heterocycles. The molecule has 4 heteroatoms. The smallest absolute Gasteiger partial charge is 0.341 e. The lowest BCUT2D eigenvalue weighted by molar-refractivity contribution is 0.0597. The minimum Gasteiger partial charge on any atom is -0.505 e. The number of hydrogen-bond donors (Lipinski definition) is 1. The number of phenols is 1. The Labute approximate surface area is 88.3 Å². The van der Waals surface area contributed by atoms with E-state index in [1.54, 1.807) is 13.0 Å². The molecule has 0 aliphatic heterocycles. The Morgan fingerprint density at radius 2 is 2.07 bits per heavy atom. The van der Waals surface area contributed by atoms with Crippen molar-refractivity contribution in [1.29, 1.82) is 0 Å². The van der Waals surface area contributed by atoms with Gasteiger partial charge in [-0.15, -0.1) is 0 Å². The number of benzene rings is 1. The highest BCUT2D eigenvalue weighted by Crippen LogP contribution is 2.29. The van der Waals surface area contributed by atoms with Gasteiger partial charge in [0, 0.05) is 0 Å². The molecule has 0 radical (unpaired) electrons. The van der Waals surface area contributed by atoms with Gasteiger partial charge >= 0.3 is 5.97 Å². The van der Waals surface area contributed by atoms with Crippen molar-refractivity contribution in [3.63, 3.8) is 0 Å². The van der Waals surface area contributed by atoms with Crippen LogP contribution in [0.3, 0.4) is 0 Å². The molecule has 0 spiro atoms. The van der Waals surface area contributed by atoms with Crippen molar-refractivity contribution < 1.29 is 14.6 Å². The maximum absolute atomic E-state index is 11.1. The standard InChI is InChI=1S/C9H9ClO3.CH4/c1-5-3-6(9(12)13-2)8(11)7(10)4-5;/h3-4,11H,1-2H3;1H4. The summed E-state index contributed by atoms with van der Waals surface area (Å²) in [5, 5.41) is 9.54. The van der Waals surface area contributed by atoms with Crippen molar-refractivity contribution >= 4 is 17.6 Å². The first-order valence-corrected chi connectivity index (χ1v) is 4.01. The average molecular weight is 217 g/mol. The first-order chi connectivity index (χ1) is 6.06. The third-order valence-electron chi connectivity index (χ3n) is 1.61. The van der Waals surface area contributed by atoms with Crippen molar-refractivity contribution in [1.82, 2.24) is 0 Å². The number of halogens is 1. The number of esters is 1. The number of aromatic hydroxyl groups is 1. The Bertz CT molecular complexity index is 347. The molecule has 0 bridgehead atoms. The zero-order valence-electron chi connectivity index (χ0n) is 7.30. The zero-order valence-corrected chi connectivity index (χ0v) is 8.05. The van der Waals surface area contributed by atoms with Crippen LogP contribution in [0.4, 0.5) is 0 Å². The normalized spacial score (nSPS) is 9.07. The minimum absolute atomic E-state index is 0. The van der Waals surface area contributed by atoms with Gasteiger partial charge in [0.2, 0.25) is 0 Å². The van der Waals surface area contributed by atoms with Gasteiger partial charge in [-0.05, 0) is 24.6 Å². The van der Waals surface area contributed by atoms with E-state index in [4.69, 9.17) is 11.6 Å². The highest BCUT2D eigenvalue weighted by Gasteiger charge is 2.14. The zero-order chi connectivity index (χ0) is 10.0. The maximum Gasteiger partial charge on any atom is 0.341 e. The summed E-state index contributed by atoms with van der Waals surface area (Å²) in [7, 11) is 1.25. The van der Waals surface area contributed by atoms with Crippen LogP contribution in [0.15, 0.2) is 12.1 Å². The summed E-state index contributed by atoms with van der Waals surface area (Å²) < 4.78 is 4.47. The van der Waals surface area contributed by atoms with E-state index in [1.807, 2.05) is 0 Å². The van der Waals surface area contributed by atoms with Crippen molar-refractivity contribution in [3.8, 4) is 5.75 Å². The van der Waals surface area contributed by atoms with E-state index in [2.05, 4.69) is 4.74 Å². The summed E-state index contributed by atoms with van der Waals surface area (Å²) in [5.41, 5.74) is 0.885. The van der Waals surface area contributed by atoms with Crippen molar-refractivity contribution in [2.24, 2.45) is 0 Å². The number of rotatable bonds is 1. The van der Waals surface area contributed by atoms with E-state index in [9.17, 15) is 9.90 Å². The Morgan fingerprint density at radius 3 is 2.57 bits per heavy atom. The van der Waals surface area contributed by atoms with Gasteiger partial charge in [-0.2, -0.15) is 0 Å². The van der Waals surface area contributed by atoms with Crippen molar-refractivity contribution in [2.45, 2.75) is 14.4 Å². The molecular weight excluding hydrogens is 204 g/mol. The van der Waals surface area contributed by atoms with Gasteiger partial charge in [0.25, 0.3) is 0 Å². The van der Waals surface area contributed by atoms with E-state index in [0.29, 0.717) is 0 Å². The third-order valence-corrected chi connectivity index (χ3v) is 1.90. The van der Waals surface area contributed by atoms with Crippen LogP contribution in [-0.4, -0.2) is 18.2 Å². The predicted molar refractivity (Wildman–Crippen MR) is 55.9 cm³/mol. The molecule has 1 aromatic rings. The van der Waals surface area contributed by atoms with Crippen molar-refractivity contribution in [3.05, 3.63) is 28.3 Å². The molecule has 3 nitrogen and oxygen atoms in total. The van der Waals surface area contributed by atoms with E-state index < -0.39 is 5.97 Å². The maximum atomic E-state index is 11.1. The third kappa shape index (κ3) is 2.39. The minimum atomic E-state index is -0.594. The lowest BCUT2D eigenvalue weighted by Gasteiger charge is -2.05. The number of methoxy groups -OCH3 is 1. The fourth-order valence-electron chi connectivity index (χ4n) is 1.00. The van der Waals surface area contributed by atoms with Crippen LogP contribution in [0.2, 0.25) is 5.02 Å². The van der Waals surface area contributed by atoms with Gasteiger partial charge in [-0.25, -0.2) is 4.79 Å². The summed E-state index contributed by atoms with van der Waals surface area (Å²) in [4.78, 5) is 11.1. The van der Waals surface area contributed by atoms with Gasteiger partial charge in [0.05, 0.1) is 12.1 Å². The second-order valence-electron chi connectivity index (χ2n) is 2.63. The molecule has 0 aliphatic carbocycles. The predicted octanol–water partition coefficient (Wildman–Crippen LogP) is 2.78. The second kappa shape index (κ2) is 4.86. The molecule has 14 heavy (non-hydrogen) atoms. The fourth-order valence-corrected chi connectivity index (χ4v) is 1.27.